The molecule has 0 aromatic heterocycles. The van der Waals surface area contributed by atoms with Crippen molar-refractivity contribution in [3.05, 3.63) is 23.3 Å². The van der Waals surface area contributed by atoms with E-state index in [0.29, 0.717) is 28.8 Å². The predicted octanol–water partition coefficient (Wildman–Crippen LogP) is -0.808. The van der Waals surface area contributed by atoms with Gasteiger partial charge in [0.15, 0.2) is 11.5 Å². The van der Waals surface area contributed by atoms with Crippen LogP contribution < -0.4 is 9.84 Å². The average Bonchev–Trinajstić information content (AvgIpc) is 3.29. The Morgan fingerprint density at radius 1 is 1.36 bits per heavy atom. The van der Waals surface area contributed by atoms with E-state index in [0.717, 1.165) is 18.7 Å². The highest BCUT2D eigenvalue weighted by molar-refractivity contribution is 5.80. The van der Waals surface area contributed by atoms with Gasteiger partial charge in [-0.25, -0.2) is 0 Å². The van der Waals surface area contributed by atoms with Crippen LogP contribution >= 0.6 is 0 Å². The zero-order valence-corrected chi connectivity index (χ0v) is 15.9. The molecule has 2 bridgehead atoms. The fourth-order valence-corrected chi connectivity index (χ4v) is 7.23. The van der Waals surface area contributed by atoms with Gasteiger partial charge in [0, 0.05) is 30.7 Å². The lowest BCUT2D eigenvalue weighted by molar-refractivity contribution is -0.950. The molecule has 2 heterocycles. The summed E-state index contributed by atoms with van der Waals surface area (Å²) in [7, 11) is 2.15. The van der Waals surface area contributed by atoms with Crippen LogP contribution in [0.25, 0.3) is 0 Å². The molecule has 1 saturated heterocycles. The monoisotopic (exact) mass is 387 g/mol. The number of hydrogen-bond donors (Lipinski definition) is 3. The van der Waals surface area contributed by atoms with Gasteiger partial charge >= 0.3 is 0 Å². The summed E-state index contributed by atoms with van der Waals surface area (Å²) in [6.45, 7) is 1.74. The highest BCUT2D eigenvalue weighted by atomic mass is 16.5. The number of likely N-dealkylation sites (N-methyl/N-ethyl adjacent to an activating group) is 1. The van der Waals surface area contributed by atoms with Crippen LogP contribution in [0.15, 0.2) is 12.1 Å². The van der Waals surface area contributed by atoms with E-state index in [4.69, 9.17) is 4.74 Å². The van der Waals surface area contributed by atoms with E-state index in [1.54, 1.807) is 6.07 Å². The summed E-state index contributed by atoms with van der Waals surface area (Å²) in [6.07, 6.45) is 2.02. The van der Waals surface area contributed by atoms with Crippen LogP contribution in [0.4, 0.5) is 0 Å². The van der Waals surface area contributed by atoms with Gasteiger partial charge in [-0.05, 0) is 24.5 Å². The maximum Gasteiger partial charge on any atom is 0.165 e. The minimum absolute atomic E-state index is 0.0789. The number of benzene rings is 1. The van der Waals surface area contributed by atoms with E-state index < -0.39 is 28.7 Å². The molecular weight excluding hydrogens is 362 g/mol. The molecule has 28 heavy (non-hydrogen) atoms. The third-order valence-corrected chi connectivity index (χ3v) is 8.56. The molecule has 1 aromatic carbocycles. The first-order valence-electron chi connectivity index (χ1n) is 10.2. The maximum atomic E-state index is 12.1. The van der Waals surface area contributed by atoms with Gasteiger partial charge in [-0.15, -0.1) is 0 Å². The lowest BCUT2D eigenvalue weighted by Crippen LogP contribution is -2.76. The normalized spacial score (nSPS) is 47.5. The van der Waals surface area contributed by atoms with Gasteiger partial charge in [0.25, 0.3) is 0 Å². The van der Waals surface area contributed by atoms with Crippen LogP contribution in [0.3, 0.4) is 0 Å². The zero-order valence-electron chi connectivity index (χ0n) is 15.9. The number of aromatic hydroxyl groups is 1. The van der Waals surface area contributed by atoms with Crippen LogP contribution in [-0.4, -0.2) is 69.3 Å². The molecule has 6 rings (SSSR count). The van der Waals surface area contributed by atoms with Gasteiger partial charge in [0.2, 0.25) is 0 Å². The van der Waals surface area contributed by atoms with E-state index >= 15 is 0 Å². The molecule has 1 spiro atoms. The summed E-state index contributed by atoms with van der Waals surface area (Å²) in [5, 5.41) is 45.7. The summed E-state index contributed by atoms with van der Waals surface area (Å²) in [5.74, 6) is -0.830. The molecule has 1 aromatic rings. The van der Waals surface area contributed by atoms with Crippen molar-refractivity contribution >= 4 is 5.97 Å². The van der Waals surface area contributed by atoms with Crippen LogP contribution in [0, 0.1) is 5.92 Å². The lowest BCUT2D eigenvalue weighted by atomic mass is 9.55. The fourth-order valence-electron chi connectivity index (χ4n) is 7.23. The summed E-state index contributed by atoms with van der Waals surface area (Å²) in [5.41, 5.74) is -3.08. The minimum Gasteiger partial charge on any atom is -0.547 e. The van der Waals surface area contributed by atoms with Gasteiger partial charge in [-0.3, -0.25) is 0 Å². The summed E-state index contributed by atoms with van der Waals surface area (Å²) >= 11 is 0. The molecule has 6 atom stereocenters. The first-order valence-corrected chi connectivity index (χ1v) is 10.2. The standard InChI is InChI=1S/C21H25NO6/c1-22(9-11-2-3-11)7-6-19-15-12-4-5-13(23)16(15)28-17(19)20(26,18(24)25)10-21(19,27)14(22)8-12/h4-5,11,14,17,26-27H,2-3,6-10H2,1H3,(H-,23,24,25)/t14-,17-,19+,20?,21-,22-/m1/s1. The number of phenols is 1. The SMILES string of the molecule is C[N@+]1(CC2CC2)CC[C@]23c4c5ccc(O)c4O[C@H]2C(O)(C(=O)[O-])C[C@@]3(O)[C@H]1C5. The Bertz CT molecular complexity index is 930. The first kappa shape index (κ1) is 17.1. The van der Waals surface area contributed by atoms with Gasteiger partial charge in [0.1, 0.15) is 23.3 Å². The van der Waals surface area contributed by atoms with Crippen LogP contribution in [0.1, 0.15) is 36.8 Å². The number of aliphatic hydroxyl groups is 2. The van der Waals surface area contributed by atoms with E-state index in [1.165, 1.54) is 12.8 Å². The lowest BCUT2D eigenvalue weighted by Gasteiger charge is -2.60. The highest BCUT2D eigenvalue weighted by Crippen LogP contribution is 2.69. The summed E-state index contributed by atoms with van der Waals surface area (Å²) in [6, 6.07) is 3.19. The maximum absolute atomic E-state index is 12.1. The second-order valence-corrected chi connectivity index (χ2v) is 10.0. The highest BCUT2D eigenvalue weighted by Gasteiger charge is 2.82. The zero-order chi connectivity index (χ0) is 19.7. The quantitative estimate of drug-likeness (QED) is 0.586. The van der Waals surface area contributed by atoms with E-state index in [2.05, 4.69) is 7.05 Å². The Morgan fingerprint density at radius 3 is 2.79 bits per heavy atom. The second-order valence-electron chi connectivity index (χ2n) is 10.0. The molecule has 7 nitrogen and oxygen atoms in total. The molecule has 5 aliphatic rings. The van der Waals surface area contributed by atoms with E-state index in [-0.39, 0.29) is 24.0 Å². The minimum atomic E-state index is -2.30. The molecule has 3 fully saturated rings. The van der Waals surface area contributed by atoms with Gasteiger partial charge < -0.3 is 34.4 Å². The van der Waals surface area contributed by atoms with Gasteiger partial charge in [0.05, 0.1) is 31.5 Å². The smallest absolute Gasteiger partial charge is 0.165 e. The third-order valence-electron chi connectivity index (χ3n) is 8.56. The molecule has 0 radical (unpaired) electrons. The topological polar surface area (TPSA) is 110 Å². The fraction of sp³-hybridized carbons (Fsp3) is 0.667. The number of nitrogens with zero attached hydrogens (tertiary/aromatic N) is 1. The number of aliphatic carboxylic acids is 1. The second kappa shape index (κ2) is 4.66. The number of quaternary nitrogens is 1. The number of phenolic OH excluding ortho intramolecular Hbond substituents is 1. The number of carboxylic acids is 1. The number of hydrogen-bond acceptors (Lipinski definition) is 6. The number of ether oxygens (including phenoxy) is 1. The number of likely N-dealkylation sites (tertiary alicyclic amines) is 1. The average molecular weight is 387 g/mol. The van der Waals surface area contributed by atoms with Crippen molar-refractivity contribution in [2.45, 2.75) is 60.9 Å². The van der Waals surface area contributed by atoms with Crippen LogP contribution in [0.5, 0.6) is 11.5 Å². The summed E-state index contributed by atoms with van der Waals surface area (Å²) < 4.78 is 6.62. The Kier molecular flexibility index (Phi) is 2.84. The largest absolute Gasteiger partial charge is 0.547 e. The number of carbonyl (C=O) groups is 1. The summed E-state index contributed by atoms with van der Waals surface area (Å²) in [4.78, 5) is 12.0. The van der Waals surface area contributed by atoms with Crippen molar-refractivity contribution in [2.75, 3.05) is 20.1 Å². The molecule has 1 unspecified atom stereocenters. The van der Waals surface area contributed by atoms with Gasteiger partial charge in [-0.2, -0.15) is 0 Å². The molecular formula is C21H25NO6. The molecule has 0 amide bonds. The number of carboxylic acid groups (broad SMARTS) is 1. The van der Waals surface area contributed by atoms with Crippen molar-refractivity contribution in [2.24, 2.45) is 5.92 Å². The molecule has 3 N–H and O–H groups in total. The Balaban J connectivity index is 1.62. The first-order chi connectivity index (χ1) is 13.2. The molecule has 2 aliphatic heterocycles. The van der Waals surface area contributed by atoms with Crippen molar-refractivity contribution in [1.82, 2.24) is 0 Å². The molecule has 7 heteroatoms. The Labute approximate surface area is 162 Å². The van der Waals surface area contributed by atoms with Crippen molar-refractivity contribution in [3.8, 4) is 11.5 Å². The van der Waals surface area contributed by atoms with Crippen LogP contribution in [0.2, 0.25) is 0 Å². The van der Waals surface area contributed by atoms with E-state index in [9.17, 15) is 25.2 Å². The molecule has 2 saturated carbocycles. The Morgan fingerprint density at radius 2 is 2.11 bits per heavy atom. The Hall–Kier alpha value is -1.83. The van der Waals surface area contributed by atoms with Crippen molar-refractivity contribution < 1.29 is 34.4 Å². The van der Waals surface area contributed by atoms with E-state index in [1.807, 2.05) is 6.07 Å². The van der Waals surface area contributed by atoms with Crippen molar-refractivity contribution in [1.29, 1.82) is 0 Å². The predicted molar refractivity (Wildman–Crippen MR) is 94.5 cm³/mol. The number of carbonyl (C=O) groups excluding carboxylic acids is 1. The van der Waals surface area contributed by atoms with Crippen molar-refractivity contribution in [3.63, 3.8) is 0 Å². The number of piperidine rings is 1. The number of rotatable bonds is 3. The van der Waals surface area contributed by atoms with Crippen LogP contribution in [-0.2, 0) is 16.6 Å². The molecule has 150 valence electrons. The third kappa shape index (κ3) is 1.63. The molecule has 3 aliphatic carbocycles. The van der Waals surface area contributed by atoms with Gasteiger partial charge in [-0.1, -0.05) is 6.07 Å².